The molecule has 22 heteroatoms. The van der Waals surface area contributed by atoms with Crippen molar-refractivity contribution >= 4 is 36.8 Å². The third kappa shape index (κ3) is 7.90. The lowest BCUT2D eigenvalue weighted by Crippen LogP contribution is -2.81. The minimum absolute atomic E-state index is 0.137. The fraction of sp³-hybridized carbons (Fsp3) is 0.167. The molecule has 5 aromatic rings. The Labute approximate surface area is 316 Å². The summed E-state index contributed by atoms with van der Waals surface area (Å²) in [4.78, 5) is 0. The Morgan fingerprint density at radius 3 is 0.483 bits per heavy atom. The predicted octanol–water partition coefficient (Wildman–Crippen LogP) is 10.1. The van der Waals surface area contributed by atoms with Gasteiger partial charge in [-0.25, -0.2) is 87.8 Å². The van der Waals surface area contributed by atoms with E-state index in [-0.39, 0.29) is 8.80 Å². The van der Waals surface area contributed by atoms with E-state index in [2.05, 4.69) is 20.8 Å². The second-order valence-corrected chi connectivity index (χ2v) is 15.4. The van der Waals surface area contributed by atoms with Crippen molar-refractivity contribution in [3.05, 3.63) is 153 Å². The summed E-state index contributed by atoms with van der Waals surface area (Å²) in [5.41, 5.74) is -14.3. The Morgan fingerprint density at radius 2 is 0.379 bits per heavy atom. The molecular weight excluding hydrogens is 851 g/mol. The maximum atomic E-state index is 15.4. The van der Waals surface area contributed by atoms with Gasteiger partial charge in [0.1, 0.15) is 52.7 Å². The lowest BCUT2D eigenvalue weighted by molar-refractivity contribution is 0.378. The van der Waals surface area contributed by atoms with Crippen molar-refractivity contribution in [3.63, 3.8) is 0 Å². The highest BCUT2D eigenvalue weighted by Gasteiger charge is 2.52. The maximum Gasteiger partial charge on any atom is 0.313 e. The maximum absolute atomic E-state index is 15.4. The summed E-state index contributed by atoms with van der Waals surface area (Å²) in [5, 5.41) is 0. The highest BCUT2D eigenvalue weighted by atomic mass is 28.3. The van der Waals surface area contributed by atoms with Crippen LogP contribution in [0.5, 0.6) is 0 Å². The Hall–Kier alpha value is -5.02. The van der Waals surface area contributed by atoms with Crippen LogP contribution in [-0.4, -0.2) is 14.9 Å². The predicted molar refractivity (Wildman–Crippen MR) is 173 cm³/mol. The van der Waals surface area contributed by atoms with Gasteiger partial charge in [0.05, 0.1) is 18.1 Å². The first-order valence-corrected chi connectivity index (χ1v) is 18.2. The molecule has 0 radical (unpaired) electrons. The number of rotatable bonds is 7. The van der Waals surface area contributed by atoms with Crippen LogP contribution in [0.4, 0.5) is 87.8 Å². The Morgan fingerprint density at radius 1 is 0.259 bits per heavy atom. The van der Waals surface area contributed by atoms with Crippen LogP contribution < -0.4 is 21.9 Å². The molecular formula is C36H21BF20Si. The molecule has 312 valence electrons. The van der Waals surface area contributed by atoms with E-state index < -0.39 is 144 Å². The van der Waals surface area contributed by atoms with Gasteiger partial charge in [0.15, 0.2) is 69.8 Å². The molecule has 0 fully saturated rings. The van der Waals surface area contributed by atoms with Crippen molar-refractivity contribution in [1.29, 1.82) is 0 Å². The molecule has 0 saturated carbocycles. The smallest absolute Gasteiger partial charge is 0.207 e. The SMILES string of the molecule is CC[Si+](CC)CC.Fc1c(F)c(F)c([B-](c2c(F)c(F)c(F)c(F)c2F)(c2c(F)c(F)c(F)c(F)c2F)c2c(F)c(F)c(F)c(F)c2F)c(F)c1F.c1ccccc1. The van der Waals surface area contributed by atoms with Gasteiger partial charge in [0.2, 0.25) is 0 Å². The molecule has 5 aromatic carbocycles. The zero-order valence-corrected chi connectivity index (χ0v) is 30.2. The Balaban J connectivity index is 0.000000589. The number of hydrogen-bond acceptors (Lipinski definition) is 0. The van der Waals surface area contributed by atoms with Gasteiger partial charge in [0.25, 0.3) is 0 Å². The third-order valence-electron chi connectivity index (χ3n) is 8.87. The average molecular weight is 872 g/mol. The van der Waals surface area contributed by atoms with E-state index in [4.69, 9.17) is 0 Å². The normalized spacial score (nSPS) is 11.2. The first kappa shape index (κ1) is 47.4. The summed E-state index contributed by atoms with van der Waals surface area (Å²) in [5.74, 6) is -71.4. The Kier molecular flexibility index (Phi) is 15.3. The van der Waals surface area contributed by atoms with E-state index in [1.807, 2.05) is 36.4 Å². The number of hydrogen-bond donors (Lipinski definition) is 0. The zero-order chi connectivity index (χ0) is 44.3. The standard InChI is InChI=1S/C24BF20.C6H15Si.C6H6/c26-5-1(6(27)14(35)21(42)13(5)34)25(2-7(28)15(36)22(43)16(37)8(2)29,3-9(30)17(38)23(44)18(39)10(3)31)4-11(32)19(40)24(45)20(41)12(4)33;1-4-7(5-2)6-3;1-2-4-6-5-3-1/h;4-6H2,1-3H3;1-6H/q-1;+1;. The topological polar surface area (TPSA) is 0 Å². The van der Waals surface area contributed by atoms with Gasteiger partial charge in [-0.3, -0.25) is 0 Å². The fourth-order valence-corrected chi connectivity index (χ4v) is 7.51. The lowest BCUT2D eigenvalue weighted by Gasteiger charge is -2.44. The molecule has 5 rings (SSSR count). The van der Waals surface area contributed by atoms with E-state index in [9.17, 15) is 52.7 Å². The van der Waals surface area contributed by atoms with Crippen molar-refractivity contribution < 1.29 is 87.8 Å². The molecule has 0 amide bonds. The summed E-state index contributed by atoms with van der Waals surface area (Å²) in [7, 11) is 0.137. The van der Waals surface area contributed by atoms with Crippen LogP contribution in [0.1, 0.15) is 20.8 Å². The van der Waals surface area contributed by atoms with Gasteiger partial charge >= 0.3 is 8.80 Å². The summed E-state index contributed by atoms with van der Waals surface area (Å²) in [6.07, 6.45) is -7.22. The van der Waals surface area contributed by atoms with Crippen LogP contribution >= 0.6 is 0 Å². The largest absolute Gasteiger partial charge is 0.313 e. The molecule has 0 spiro atoms. The molecule has 0 aromatic heterocycles. The molecule has 0 nitrogen and oxygen atoms in total. The first-order chi connectivity index (χ1) is 27.0. The highest BCUT2D eigenvalue weighted by molar-refractivity contribution is 7.20. The molecule has 0 aliphatic heterocycles. The van der Waals surface area contributed by atoms with Crippen LogP contribution in [0.3, 0.4) is 0 Å². The van der Waals surface area contributed by atoms with Crippen molar-refractivity contribution in [2.45, 2.75) is 38.9 Å². The molecule has 0 saturated heterocycles. The summed E-state index contributed by atoms with van der Waals surface area (Å²) >= 11 is 0. The molecule has 0 aliphatic carbocycles. The molecule has 58 heavy (non-hydrogen) atoms. The van der Waals surface area contributed by atoms with Gasteiger partial charge in [-0.2, -0.15) is 0 Å². The van der Waals surface area contributed by atoms with Crippen molar-refractivity contribution in [1.82, 2.24) is 0 Å². The fourth-order valence-electron chi connectivity index (χ4n) is 6.01. The van der Waals surface area contributed by atoms with Gasteiger partial charge < -0.3 is 0 Å². The van der Waals surface area contributed by atoms with E-state index in [1.165, 1.54) is 18.1 Å². The molecule has 0 bridgehead atoms. The minimum atomic E-state index is -7.22. The first-order valence-electron chi connectivity index (χ1n) is 16.1. The summed E-state index contributed by atoms with van der Waals surface area (Å²) in [6.45, 7) is 6.92. The molecule has 0 heterocycles. The molecule has 0 N–H and O–H groups in total. The Bertz CT molecular complexity index is 1900. The zero-order valence-electron chi connectivity index (χ0n) is 29.2. The quantitative estimate of drug-likeness (QED) is 0.0662. The van der Waals surface area contributed by atoms with E-state index >= 15 is 35.1 Å². The number of benzene rings is 5. The molecule has 0 aliphatic rings. The van der Waals surface area contributed by atoms with Crippen LogP contribution in [0, 0.1) is 116 Å². The van der Waals surface area contributed by atoms with Gasteiger partial charge in [-0.05, 0) is 20.8 Å². The van der Waals surface area contributed by atoms with Gasteiger partial charge in [-0.15, -0.1) is 21.9 Å². The monoisotopic (exact) mass is 872 g/mol. The average Bonchev–Trinajstić information content (AvgIpc) is 3.22. The van der Waals surface area contributed by atoms with Crippen LogP contribution in [0.2, 0.25) is 18.1 Å². The highest BCUT2D eigenvalue weighted by Crippen LogP contribution is 2.30. The van der Waals surface area contributed by atoms with Crippen LogP contribution in [0.15, 0.2) is 36.4 Å². The van der Waals surface area contributed by atoms with E-state index in [1.54, 1.807) is 0 Å². The lowest BCUT2D eigenvalue weighted by atomic mass is 9.12. The third-order valence-corrected chi connectivity index (χ3v) is 11.9. The van der Waals surface area contributed by atoms with Crippen LogP contribution in [0.25, 0.3) is 0 Å². The van der Waals surface area contributed by atoms with Crippen molar-refractivity contribution in [2.24, 2.45) is 0 Å². The number of halogens is 20. The molecule has 0 unspecified atom stereocenters. The van der Waals surface area contributed by atoms with E-state index in [0.29, 0.717) is 0 Å². The molecule has 0 atom stereocenters. The van der Waals surface area contributed by atoms with Crippen molar-refractivity contribution in [2.75, 3.05) is 0 Å². The second kappa shape index (κ2) is 18.7. The van der Waals surface area contributed by atoms with Gasteiger partial charge in [-0.1, -0.05) is 36.4 Å². The summed E-state index contributed by atoms with van der Waals surface area (Å²) < 4.78 is 294. The van der Waals surface area contributed by atoms with Crippen molar-refractivity contribution in [3.8, 4) is 0 Å². The summed E-state index contributed by atoms with van der Waals surface area (Å²) in [6, 6.07) is 16.4. The second-order valence-electron chi connectivity index (χ2n) is 11.8. The van der Waals surface area contributed by atoms with E-state index in [0.717, 1.165) is 0 Å². The van der Waals surface area contributed by atoms with Gasteiger partial charge in [0, 0.05) is 0 Å². The van der Waals surface area contributed by atoms with Crippen LogP contribution in [-0.2, 0) is 0 Å². The minimum Gasteiger partial charge on any atom is -0.207 e.